The van der Waals surface area contributed by atoms with Crippen LogP contribution in [-0.2, 0) is 6.54 Å². The third kappa shape index (κ3) is 4.31. The zero-order chi connectivity index (χ0) is 11.5. The van der Waals surface area contributed by atoms with E-state index in [2.05, 4.69) is 17.3 Å². The summed E-state index contributed by atoms with van der Waals surface area (Å²) in [4.78, 5) is 2.35. The van der Waals surface area contributed by atoms with Crippen LogP contribution in [0, 0.1) is 0 Å². The van der Waals surface area contributed by atoms with Crippen molar-refractivity contribution >= 4 is 35.6 Å². The number of hydrogen-bond donors (Lipinski definition) is 1. The Balaban J connectivity index is 0.00000144. The minimum absolute atomic E-state index is 0. The van der Waals surface area contributed by atoms with Gasteiger partial charge in [-0.2, -0.15) is 0 Å². The van der Waals surface area contributed by atoms with Crippen molar-refractivity contribution < 1.29 is 0 Å². The first-order chi connectivity index (χ1) is 7.65. The summed E-state index contributed by atoms with van der Waals surface area (Å²) in [5.41, 5.74) is 1.17. The normalized spacial score (nSPS) is 19.4. The van der Waals surface area contributed by atoms with E-state index in [1.54, 1.807) is 6.07 Å². The summed E-state index contributed by atoms with van der Waals surface area (Å²) in [5.74, 6) is 0. The smallest absolute Gasteiger partial charge is 0.0424 e. The minimum atomic E-state index is 0. The van der Waals surface area contributed by atoms with Gasteiger partial charge in [-0.1, -0.05) is 23.2 Å². The van der Waals surface area contributed by atoms with Crippen LogP contribution in [0.5, 0.6) is 0 Å². The summed E-state index contributed by atoms with van der Waals surface area (Å²) >= 11 is 12.0. The van der Waals surface area contributed by atoms with Crippen molar-refractivity contribution in [3.05, 3.63) is 33.8 Å². The molecule has 1 aliphatic rings. The second-order valence-electron chi connectivity index (χ2n) is 4.34. The van der Waals surface area contributed by atoms with Crippen molar-refractivity contribution in [1.82, 2.24) is 10.2 Å². The number of nitrogens with one attached hydrogen (secondary N) is 1. The molecule has 0 aromatic heterocycles. The molecule has 2 rings (SSSR count). The highest BCUT2D eigenvalue weighted by atomic mass is 35.5. The quantitative estimate of drug-likeness (QED) is 0.921. The first-order valence-electron chi connectivity index (χ1n) is 5.51. The van der Waals surface area contributed by atoms with Crippen molar-refractivity contribution in [1.29, 1.82) is 0 Å². The Morgan fingerprint density at radius 3 is 2.47 bits per heavy atom. The number of nitrogens with zero attached hydrogens (tertiary/aromatic N) is 1. The largest absolute Gasteiger partial charge is 0.315 e. The van der Waals surface area contributed by atoms with Crippen molar-refractivity contribution in [2.45, 2.75) is 19.0 Å². The predicted molar refractivity (Wildman–Crippen MR) is 76.5 cm³/mol. The van der Waals surface area contributed by atoms with Gasteiger partial charge >= 0.3 is 0 Å². The second kappa shape index (κ2) is 6.81. The third-order valence-corrected chi connectivity index (χ3v) is 3.45. The minimum Gasteiger partial charge on any atom is -0.315 e. The molecule has 0 amide bonds. The van der Waals surface area contributed by atoms with E-state index in [0.717, 1.165) is 19.6 Å². The van der Waals surface area contributed by atoms with Crippen LogP contribution in [0.4, 0.5) is 0 Å². The van der Waals surface area contributed by atoms with Crippen LogP contribution in [0.1, 0.15) is 12.0 Å². The van der Waals surface area contributed by atoms with Crippen LogP contribution in [0.3, 0.4) is 0 Å². The van der Waals surface area contributed by atoms with Gasteiger partial charge in [0.2, 0.25) is 0 Å². The van der Waals surface area contributed by atoms with Gasteiger partial charge in [0, 0.05) is 29.2 Å². The molecule has 2 nitrogen and oxygen atoms in total. The molecule has 1 saturated heterocycles. The molecular weight excluding hydrogens is 279 g/mol. The summed E-state index contributed by atoms with van der Waals surface area (Å²) in [6.07, 6.45) is 1.21. The van der Waals surface area contributed by atoms with E-state index in [4.69, 9.17) is 23.2 Å². The van der Waals surface area contributed by atoms with Gasteiger partial charge in [-0.3, -0.25) is 4.90 Å². The average molecular weight is 296 g/mol. The lowest BCUT2D eigenvalue weighted by Gasteiger charge is -2.23. The molecule has 1 aromatic rings. The van der Waals surface area contributed by atoms with Crippen LogP contribution in [-0.4, -0.2) is 31.1 Å². The van der Waals surface area contributed by atoms with E-state index in [0.29, 0.717) is 16.1 Å². The molecule has 5 heteroatoms. The van der Waals surface area contributed by atoms with E-state index in [1.165, 1.54) is 12.0 Å². The van der Waals surface area contributed by atoms with Gasteiger partial charge in [-0.15, -0.1) is 12.4 Å². The van der Waals surface area contributed by atoms with Gasteiger partial charge < -0.3 is 5.32 Å². The fraction of sp³-hybridized carbons (Fsp3) is 0.500. The number of benzene rings is 1. The molecule has 1 unspecified atom stereocenters. The van der Waals surface area contributed by atoms with Gasteiger partial charge in [-0.05, 0) is 43.8 Å². The Labute approximate surface area is 119 Å². The molecule has 96 valence electrons. The second-order valence-corrected chi connectivity index (χ2v) is 5.21. The lowest BCUT2D eigenvalue weighted by atomic mass is 10.1. The van der Waals surface area contributed by atoms with Crippen LogP contribution >= 0.6 is 35.6 Å². The van der Waals surface area contributed by atoms with Crippen molar-refractivity contribution in [2.24, 2.45) is 0 Å². The van der Waals surface area contributed by atoms with E-state index in [-0.39, 0.29) is 12.4 Å². The number of rotatable bonds is 3. The number of hydrogen-bond acceptors (Lipinski definition) is 2. The van der Waals surface area contributed by atoms with Crippen molar-refractivity contribution in [3.63, 3.8) is 0 Å². The molecule has 1 heterocycles. The lowest BCUT2D eigenvalue weighted by molar-refractivity contribution is 0.249. The summed E-state index contributed by atoms with van der Waals surface area (Å²) in [5, 5.41) is 4.79. The maximum absolute atomic E-state index is 5.98. The molecule has 0 aliphatic carbocycles. The molecular formula is C12H17Cl3N2. The highest BCUT2D eigenvalue weighted by Gasteiger charge is 2.19. The Bertz CT molecular complexity index is 345. The van der Waals surface area contributed by atoms with E-state index < -0.39 is 0 Å². The average Bonchev–Trinajstić information content (AvgIpc) is 2.68. The topological polar surface area (TPSA) is 15.3 Å². The molecule has 1 aromatic carbocycles. The molecule has 1 fully saturated rings. The maximum atomic E-state index is 5.98. The Morgan fingerprint density at radius 1 is 1.29 bits per heavy atom. The summed E-state index contributed by atoms with van der Waals surface area (Å²) in [7, 11) is 2.15. The van der Waals surface area contributed by atoms with E-state index >= 15 is 0 Å². The molecule has 0 radical (unpaired) electrons. The van der Waals surface area contributed by atoms with Crippen molar-refractivity contribution in [3.8, 4) is 0 Å². The molecule has 17 heavy (non-hydrogen) atoms. The first-order valence-corrected chi connectivity index (χ1v) is 6.26. The monoisotopic (exact) mass is 294 g/mol. The molecule has 0 spiro atoms. The summed E-state index contributed by atoms with van der Waals surface area (Å²) in [6.45, 7) is 3.09. The van der Waals surface area contributed by atoms with Gasteiger partial charge in [0.05, 0.1) is 0 Å². The fourth-order valence-electron chi connectivity index (χ4n) is 2.13. The maximum Gasteiger partial charge on any atom is 0.0424 e. The Kier molecular flexibility index (Phi) is 6.04. The molecule has 0 bridgehead atoms. The third-order valence-electron chi connectivity index (χ3n) is 3.01. The van der Waals surface area contributed by atoms with Crippen LogP contribution in [0.2, 0.25) is 10.0 Å². The summed E-state index contributed by atoms with van der Waals surface area (Å²) < 4.78 is 0. The first kappa shape index (κ1) is 15.1. The van der Waals surface area contributed by atoms with Gasteiger partial charge in [0.25, 0.3) is 0 Å². The van der Waals surface area contributed by atoms with Crippen LogP contribution in [0.25, 0.3) is 0 Å². The highest BCUT2D eigenvalue weighted by molar-refractivity contribution is 6.34. The fourth-order valence-corrected chi connectivity index (χ4v) is 2.71. The van der Waals surface area contributed by atoms with Gasteiger partial charge in [0.15, 0.2) is 0 Å². The zero-order valence-corrected chi connectivity index (χ0v) is 12.1. The highest BCUT2D eigenvalue weighted by Crippen LogP contribution is 2.21. The SMILES string of the molecule is CN(Cc1cc(Cl)cc(Cl)c1)C1CCNC1.Cl. The Morgan fingerprint density at radius 2 is 1.94 bits per heavy atom. The van der Waals surface area contributed by atoms with Gasteiger partial charge in [0.1, 0.15) is 0 Å². The summed E-state index contributed by atoms with van der Waals surface area (Å²) in [6, 6.07) is 6.35. The van der Waals surface area contributed by atoms with Crippen LogP contribution in [0.15, 0.2) is 18.2 Å². The van der Waals surface area contributed by atoms with Crippen molar-refractivity contribution in [2.75, 3.05) is 20.1 Å². The van der Waals surface area contributed by atoms with E-state index in [9.17, 15) is 0 Å². The Hall–Kier alpha value is 0.01000. The van der Waals surface area contributed by atoms with Gasteiger partial charge in [-0.25, -0.2) is 0 Å². The van der Waals surface area contributed by atoms with E-state index in [1.807, 2.05) is 12.1 Å². The lowest BCUT2D eigenvalue weighted by Crippen LogP contribution is -2.32. The number of likely N-dealkylation sites (N-methyl/N-ethyl adjacent to an activating group) is 1. The molecule has 1 atom stereocenters. The molecule has 0 saturated carbocycles. The molecule has 1 aliphatic heterocycles. The molecule has 1 N–H and O–H groups in total. The van der Waals surface area contributed by atoms with Crippen LogP contribution < -0.4 is 5.32 Å². The predicted octanol–water partition coefficient (Wildman–Crippen LogP) is 3.21. The zero-order valence-electron chi connectivity index (χ0n) is 9.75. The standard InChI is InChI=1S/C12H16Cl2N2.ClH/c1-16(12-2-3-15-7-12)8-9-4-10(13)6-11(14)5-9;/h4-6,12,15H,2-3,7-8H2,1H3;1H. The number of halogens is 3.